The third kappa shape index (κ3) is 6.22. The Morgan fingerprint density at radius 1 is 1.40 bits per heavy atom. The third-order valence-electron chi connectivity index (χ3n) is 3.29. The molecule has 2 unspecified atom stereocenters. The molecule has 0 spiro atoms. The van der Waals surface area contributed by atoms with Crippen LogP contribution in [-0.4, -0.2) is 24.8 Å². The maximum atomic E-state index is 10.2. The van der Waals surface area contributed by atoms with E-state index in [2.05, 4.69) is 32.2 Å². The molecule has 0 aliphatic rings. The zero-order chi connectivity index (χ0) is 15.0. The van der Waals surface area contributed by atoms with Crippen molar-refractivity contribution in [1.82, 2.24) is 5.32 Å². The quantitative estimate of drug-likeness (QED) is 0.715. The fourth-order valence-electron chi connectivity index (χ4n) is 2.00. The predicted octanol–water partition coefficient (Wildman–Crippen LogP) is 3.45. The van der Waals surface area contributed by atoms with Gasteiger partial charge >= 0.3 is 0 Å². The molecule has 2 N–H and O–H groups in total. The van der Waals surface area contributed by atoms with Crippen molar-refractivity contribution in [3.63, 3.8) is 0 Å². The Hall–Kier alpha value is -1.32. The predicted molar refractivity (Wildman–Crippen MR) is 84.1 cm³/mol. The van der Waals surface area contributed by atoms with E-state index in [0.717, 1.165) is 24.2 Å². The van der Waals surface area contributed by atoms with Gasteiger partial charge in [-0.05, 0) is 51.3 Å². The summed E-state index contributed by atoms with van der Waals surface area (Å²) in [6.07, 6.45) is 3.90. The molecule has 1 rings (SSSR count). The number of ether oxygens (including phenoxy) is 1. The number of hydrogen-bond acceptors (Lipinski definition) is 3. The van der Waals surface area contributed by atoms with Crippen LogP contribution in [-0.2, 0) is 0 Å². The van der Waals surface area contributed by atoms with Crippen molar-refractivity contribution in [1.29, 1.82) is 0 Å². The molecule has 0 aromatic heterocycles. The number of hydrogen-bond donors (Lipinski definition) is 2. The van der Waals surface area contributed by atoms with Crippen LogP contribution in [0, 0.1) is 0 Å². The molecule has 0 saturated heterocycles. The molecule has 0 aliphatic heterocycles. The van der Waals surface area contributed by atoms with Crippen molar-refractivity contribution < 1.29 is 9.84 Å². The van der Waals surface area contributed by atoms with E-state index in [1.807, 2.05) is 24.3 Å². The third-order valence-corrected chi connectivity index (χ3v) is 3.29. The summed E-state index contributed by atoms with van der Waals surface area (Å²) in [4.78, 5) is 0. The number of rotatable bonds is 8. The molecule has 0 fully saturated rings. The van der Waals surface area contributed by atoms with Crippen molar-refractivity contribution in [3.8, 4) is 5.75 Å². The molecule has 2 atom stereocenters. The Kier molecular flexibility index (Phi) is 7.34. The van der Waals surface area contributed by atoms with Gasteiger partial charge in [0.15, 0.2) is 0 Å². The normalized spacial score (nSPS) is 13.7. The summed E-state index contributed by atoms with van der Waals surface area (Å²) in [6, 6.07) is 7.97. The van der Waals surface area contributed by atoms with Gasteiger partial charge in [-0.2, -0.15) is 0 Å². The summed E-state index contributed by atoms with van der Waals surface area (Å²) in [5.74, 6) is 0.776. The highest BCUT2D eigenvalue weighted by Gasteiger charge is 2.09. The number of benzene rings is 1. The minimum Gasteiger partial charge on any atom is -0.497 e. The lowest BCUT2D eigenvalue weighted by Crippen LogP contribution is -2.30. The smallest absolute Gasteiger partial charge is 0.119 e. The van der Waals surface area contributed by atoms with E-state index in [9.17, 15) is 5.11 Å². The van der Waals surface area contributed by atoms with Gasteiger partial charge in [-0.3, -0.25) is 0 Å². The molecular formula is C17H27NO2. The highest BCUT2D eigenvalue weighted by Crippen LogP contribution is 2.18. The van der Waals surface area contributed by atoms with Crippen LogP contribution in [0.2, 0.25) is 0 Å². The first kappa shape index (κ1) is 16.7. The summed E-state index contributed by atoms with van der Waals surface area (Å²) < 4.78 is 5.17. The van der Waals surface area contributed by atoms with E-state index in [-0.39, 0.29) is 0 Å². The summed E-state index contributed by atoms with van der Waals surface area (Å²) >= 11 is 0. The van der Waals surface area contributed by atoms with Crippen LogP contribution in [0.5, 0.6) is 5.75 Å². The van der Waals surface area contributed by atoms with Crippen molar-refractivity contribution in [2.45, 2.75) is 45.8 Å². The molecule has 112 valence electrons. The van der Waals surface area contributed by atoms with E-state index in [1.54, 1.807) is 7.11 Å². The molecule has 0 amide bonds. The minimum absolute atomic E-state index is 0.394. The van der Waals surface area contributed by atoms with Gasteiger partial charge in [0.2, 0.25) is 0 Å². The average Bonchev–Trinajstić information content (AvgIpc) is 2.44. The van der Waals surface area contributed by atoms with E-state index in [4.69, 9.17) is 4.74 Å². The number of allylic oxidation sites excluding steroid dienone is 2. The molecule has 0 radical (unpaired) electrons. The molecule has 1 aromatic rings. The van der Waals surface area contributed by atoms with Gasteiger partial charge in [-0.1, -0.05) is 23.8 Å². The molecule has 1 aromatic carbocycles. The van der Waals surface area contributed by atoms with Crippen molar-refractivity contribution in [3.05, 3.63) is 41.5 Å². The monoisotopic (exact) mass is 277 g/mol. The maximum Gasteiger partial charge on any atom is 0.119 e. The Labute approximate surface area is 122 Å². The van der Waals surface area contributed by atoms with Gasteiger partial charge in [0, 0.05) is 12.6 Å². The topological polar surface area (TPSA) is 41.5 Å². The van der Waals surface area contributed by atoms with Crippen LogP contribution in [0.1, 0.15) is 45.3 Å². The van der Waals surface area contributed by atoms with E-state index in [0.29, 0.717) is 12.6 Å². The summed E-state index contributed by atoms with van der Waals surface area (Å²) in [6.45, 7) is 6.94. The van der Waals surface area contributed by atoms with Crippen LogP contribution in [0.15, 0.2) is 35.9 Å². The molecule has 0 aliphatic carbocycles. The summed E-state index contributed by atoms with van der Waals surface area (Å²) in [5, 5.41) is 13.5. The van der Waals surface area contributed by atoms with Crippen LogP contribution < -0.4 is 10.1 Å². The van der Waals surface area contributed by atoms with Crippen molar-refractivity contribution in [2.24, 2.45) is 0 Å². The molecular weight excluding hydrogens is 250 g/mol. The highest BCUT2D eigenvalue weighted by atomic mass is 16.5. The maximum absolute atomic E-state index is 10.2. The summed E-state index contributed by atoms with van der Waals surface area (Å²) in [7, 11) is 1.63. The van der Waals surface area contributed by atoms with E-state index in [1.165, 1.54) is 5.57 Å². The number of aliphatic hydroxyl groups is 1. The first-order chi connectivity index (χ1) is 9.52. The van der Waals surface area contributed by atoms with Crippen LogP contribution in [0.25, 0.3) is 0 Å². The van der Waals surface area contributed by atoms with Gasteiger partial charge in [0.1, 0.15) is 5.75 Å². The number of methoxy groups -OCH3 is 1. The van der Waals surface area contributed by atoms with Crippen LogP contribution in [0.3, 0.4) is 0 Å². The lowest BCUT2D eigenvalue weighted by Gasteiger charge is -2.17. The second-order valence-electron chi connectivity index (χ2n) is 5.46. The standard InChI is InChI=1S/C17H27NO2/c1-13(2)7-5-8-14(3)18-12-17(19)15-9-6-10-16(11-15)20-4/h6-7,9-11,14,17-19H,5,8,12H2,1-4H3. The van der Waals surface area contributed by atoms with Crippen LogP contribution in [0.4, 0.5) is 0 Å². The molecule has 3 nitrogen and oxygen atoms in total. The Morgan fingerprint density at radius 3 is 2.80 bits per heavy atom. The summed E-state index contributed by atoms with van der Waals surface area (Å²) in [5.41, 5.74) is 2.24. The second-order valence-corrected chi connectivity index (χ2v) is 5.46. The zero-order valence-electron chi connectivity index (χ0n) is 13.0. The SMILES string of the molecule is COc1cccc(C(O)CNC(C)CCC=C(C)C)c1. The fourth-order valence-corrected chi connectivity index (χ4v) is 2.00. The molecule has 3 heteroatoms. The van der Waals surface area contributed by atoms with Crippen molar-refractivity contribution in [2.75, 3.05) is 13.7 Å². The van der Waals surface area contributed by atoms with E-state index < -0.39 is 6.10 Å². The lowest BCUT2D eigenvalue weighted by atomic mass is 10.1. The van der Waals surface area contributed by atoms with Gasteiger partial charge in [-0.15, -0.1) is 0 Å². The number of aliphatic hydroxyl groups excluding tert-OH is 1. The van der Waals surface area contributed by atoms with E-state index >= 15 is 0 Å². The largest absolute Gasteiger partial charge is 0.497 e. The minimum atomic E-state index is -0.504. The molecule has 0 saturated carbocycles. The highest BCUT2D eigenvalue weighted by molar-refractivity contribution is 5.29. The zero-order valence-corrected chi connectivity index (χ0v) is 13.0. The first-order valence-electron chi connectivity index (χ1n) is 7.21. The number of nitrogens with one attached hydrogen (secondary N) is 1. The second kappa shape index (κ2) is 8.77. The van der Waals surface area contributed by atoms with Gasteiger partial charge < -0.3 is 15.2 Å². The first-order valence-corrected chi connectivity index (χ1v) is 7.21. The van der Waals surface area contributed by atoms with Gasteiger partial charge in [-0.25, -0.2) is 0 Å². The van der Waals surface area contributed by atoms with Gasteiger partial charge in [0.25, 0.3) is 0 Å². The Bertz CT molecular complexity index is 425. The molecule has 0 heterocycles. The van der Waals surface area contributed by atoms with Gasteiger partial charge in [0.05, 0.1) is 13.2 Å². The Balaban J connectivity index is 2.38. The Morgan fingerprint density at radius 2 is 2.15 bits per heavy atom. The average molecular weight is 277 g/mol. The fraction of sp³-hybridized carbons (Fsp3) is 0.529. The van der Waals surface area contributed by atoms with Crippen molar-refractivity contribution >= 4 is 0 Å². The molecule has 0 bridgehead atoms. The van der Waals surface area contributed by atoms with Crippen LogP contribution >= 0.6 is 0 Å². The molecule has 20 heavy (non-hydrogen) atoms. The lowest BCUT2D eigenvalue weighted by molar-refractivity contribution is 0.169.